The van der Waals surface area contributed by atoms with Crippen molar-refractivity contribution < 1.29 is 19.4 Å². The van der Waals surface area contributed by atoms with E-state index in [0.717, 1.165) is 5.69 Å². The molecule has 1 aliphatic heterocycles. The van der Waals surface area contributed by atoms with E-state index in [1.54, 1.807) is 40.2 Å². The summed E-state index contributed by atoms with van der Waals surface area (Å²) >= 11 is 0. The van der Waals surface area contributed by atoms with Crippen LogP contribution < -0.4 is 0 Å². The molecule has 1 aromatic carbocycles. The number of nitrogens with zero attached hydrogens (tertiary/aromatic N) is 3. The van der Waals surface area contributed by atoms with Crippen LogP contribution in [0.25, 0.3) is 5.69 Å². The second kappa shape index (κ2) is 6.62. The number of ether oxygens (including phenoxy) is 1. The van der Waals surface area contributed by atoms with Crippen molar-refractivity contribution in [2.45, 2.75) is 12.5 Å². The SMILES string of the molecule is O=C(O)CC1CN(C(=O)c2cccc(-n3cccn3)c2)CCO1. The molecule has 1 aromatic heterocycles. The van der Waals surface area contributed by atoms with Gasteiger partial charge in [0.15, 0.2) is 0 Å². The molecule has 120 valence electrons. The predicted molar refractivity (Wildman–Crippen MR) is 81.5 cm³/mol. The summed E-state index contributed by atoms with van der Waals surface area (Å²) in [5.41, 5.74) is 1.35. The zero-order chi connectivity index (χ0) is 16.2. The number of aliphatic carboxylic acids is 1. The van der Waals surface area contributed by atoms with E-state index in [-0.39, 0.29) is 18.9 Å². The van der Waals surface area contributed by atoms with Crippen LogP contribution in [0.3, 0.4) is 0 Å². The van der Waals surface area contributed by atoms with Crippen molar-refractivity contribution in [3.8, 4) is 5.69 Å². The molecule has 0 bridgehead atoms. The van der Waals surface area contributed by atoms with Gasteiger partial charge in [-0.2, -0.15) is 5.10 Å². The van der Waals surface area contributed by atoms with Crippen LogP contribution >= 0.6 is 0 Å². The average molecular weight is 315 g/mol. The third kappa shape index (κ3) is 3.57. The Hall–Kier alpha value is -2.67. The molecule has 1 saturated heterocycles. The predicted octanol–water partition coefficient (Wildman–Crippen LogP) is 1.19. The molecule has 1 aliphatic rings. The quantitative estimate of drug-likeness (QED) is 0.916. The highest BCUT2D eigenvalue weighted by Gasteiger charge is 2.26. The van der Waals surface area contributed by atoms with Crippen LogP contribution in [0, 0.1) is 0 Å². The summed E-state index contributed by atoms with van der Waals surface area (Å²) in [6.45, 7) is 1.10. The second-order valence-corrected chi connectivity index (χ2v) is 5.34. The molecule has 0 spiro atoms. The molecule has 0 aliphatic carbocycles. The maximum atomic E-state index is 12.6. The zero-order valence-electron chi connectivity index (χ0n) is 12.5. The van der Waals surface area contributed by atoms with Gasteiger partial charge >= 0.3 is 5.97 Å². The molecule has 1 fully saturated rings. The molecule has 0 saturated carbocycles. The van der Waals surface area contributed by atoms with Crippen molar-refractivity contribution in [1.29, 1.82) is 0 Å². The molecule has 1 atom stereocenters. The highest BCUT2D eigenvalue weighted by atomic mass is 16.5. The number of carboxylic acids is 1. The van der Waals surface area contributed by atoms with Crippen molar-refractivity contribution >= 4 is 11.9 Å². The van der Waals surface area contributed by atoms with Gasteiger partial charge in [0, 0.05) is 31.0 Å². The monoisotopic (exact) mass is 315 g/mol. The number of benzene rings is 1. The minimum absolute atomic E-state index is 0.100. The summed E-state index contributed by atoms with van der Waals surface area (Å²) in [5, 5.41) is 13.0. The van der Waals surface area contributed by atoms with Crippen molar-refractivity contribution in [3.63, 3.8) is 0 Å². The highest BCUT2D eigenvalue weighted by Crippen LogP contribution is 2.15. The van der Waals surface area contributed by atoms with Gasteiger partial charge in [0.05, 0.1) is 24.8 Å². The van der Waals surface area contributed by atoms with Gasteiger partial charge in [-0.15, -0.1) is 0 Å². The number of hydrogen-bond acceptors (Lipinski definition) is 4. The fraction of sp³-hybridized carbons (Fsp3) is 0.312. The summed E-state index contributed by atoms with van der Waals surface area (Å²) in [6, 6.07) is 9.01. The van der Waals surface area contributed by atoms with Crippen molar-refractivity contribution in [2.75, 3.05) is 19.7 Å². The first-order chi connectivity index (χ1) is 11.1. The summed E-state index contributed by atoms with van der Waals surface area (Å²) in [6.07, 6.45) is 2.92. The molecule has 7 nitrogen and oxygen atoms in total. The van der Waals surface area contributed by atoms with E-state index in [0.29, 0.717) is 18.7 Å². The van der Waals surface area contributed by atoms with E-state index in [1.165, 1.54) is 0 Å². The van der Waals surface area contributed by atoms with Crippen molar-refractivity contribution in [1.82, 2.24) is 14.7 Å². The Bertz CT molecular complexity index is 699. The molecule has 23 heavy (non-hydrogen) atoms. The molecular formula is C16H17N3O4. The normalized spacial score (nSPS) is 17.9. The van der Waals surface area contributed by atoms with Gasteiger partial charge in [0.2, 0.25) is 0 Å². The van der Waals surface area contributed by atoms with Crippen LogP contribution in [-0.4, -0.2) is 57.5 Å². The van der Waals surface area contributed by atoms with E-state index in [1.807, 2.05) is 12.1 Å². The number of hydrogen-bond donors (Lipinski definition) is 1. The number of amides is 1. The van der Waals surface area contributed by atoms with E-state index < -0.39 is 12.1 Å². The van der Waals surface area contributed by atoms with Crippen LogP contribution in [0.5, 0.6) is 0 Å². The summed E-state index contributed by atoms with van der Waals surface area (Å²) in [4.78, 5) is 25.1. The van der Waals surface area contributed by atoms with Gasteiger partial charge in [0.25, 0.3) is 5.91 Å². The Morgan fingerprint density at radius 1 is 1.35 bits per heavy atom. The Kier molecular flexibility index (Phi) is 4.38. The lowest BCUT2D eigenvalue weighted by Gasteiger charge is -2.32. The number of rotatable bonds is 4. The second-order valence-electron chi connectivity index (χ2n) is 5.34. The molecule has 0 radical (unpaired) electrons. The first-order valence-electron chi connectivity index (χ1n) is 7.36. The Balaban J connectivity index is 1.75. The Labute approximate surface area is 133 Å². The fourth-order valence-corrected chi connectivity index (χ4v) is 2.61. The van der Waals surface area contributed by atoms with Crippen LogP contribution in [0.2, 0.25) is 0 Å². The third-order valence-corrected chi connectivity index (χ3v) is 3.69. The van der Waals surface area contributed by atoms with Crippen molar-refractivity contribution in [3.05, 3.63) is 48.3 Å². The standard InChI is InChI=1S/C16H17N3O4/c20-15(21)10-14-11-18(7-8-23-14)16(22)12-3-1-4-13(9-12)19-6-2-5-17-19/h1-6,9,14H,7-8,10-11H2,(H,20,21). The lowest BCUT2D eigenvalue weighted by molar-refractivity contribution is -0.141. The average Bonchev–Trinajstić information content (AvgIpc) is 3.08. The molecular weight excluding hydrogens is 298 g/mol. The van der Waals surface area contributed by atoms with Crippen LogP contribution in [0.1, 0.15) is 16.8 Å². The van der Waals surface area contributed by atoms with E-state index in [2.05, 4.69) is 5.10 Å². The van der Waals surface area contributed by atoms with Crippen molar-refractivity contribution in [2.24, 2.45) is 0 Å². The van der Waals surface area contributed by atoms with E-state index >= 15 is 0 Å². The van der Waals surface area contributed by atoms with Crippen LogP contribution in [0.15, 0.2) is 42.7 Å². The fourth-order valence-electron chi connectivity index (χ4n) is 2.61. The van der Waals surface area contributed by atoms with E-state index in [9.17, 15) is 9.59 Å². The summed E-state index contributed by atoms with van der Waals surface area (Å²) in [7, 11) is 0. The summed E-state index contributed by atoms with van der Waals surface area (Å²) < 4.78 is 7.08. The lowest BCUT2D eigenvalue weighted by atomic mass is 10.1. The molecule has 3 rings (SSSR count). The van der Waals surface area contributed by atoms with Gasteiger partial charge in [-0.05, 0) is 24.3 Å². The van der Waals surface area contributed by atoms with E-state index in [4.69, 9.17) is 9.84 Å². The molecule has 1 N–H and O–H groups in total. The topological polar surface area (TPSA) is 84.7 Å². The largest absolute Gasteiger partial charge is 0.481 e. The Morgan fingerprint density at radius 3 is 2.96 bits per heavy atom. The van der Waals surface area contributed by atoms with Crippen LogP contribution in [-0.2, 0) is 9.53 Å². The third-order valence-electron chi connectivity index (χ3n) is 3.69. The lowest BCUT2D eigenvalue weighted by Crippen LogP contribution is -2.46. The minimum Gasteiger partial charge on any atom is -0.481 e. The van der Waals surface area contributed by atoms with Gasteiger partial charge in [0.1, 0.15) is 0 Å². The van der Waals surface area contributed by atoms with Gasteiger partial charge < -0.3 is 14.7 Å². The molecule has 2 aromatic rings. The maximum absolute atomic E-state index is 12.6. The number of carbonyl (C=O) groups is 2. The number of aromatic nitrogens is 2. The molecule has 7 heteroatoms. The molecule has 1 amide bonds. The van der Waals surface area contributed by atoms with Gasteiger partial charge in [-0.3, -0.25) is 9.59 Å². The molecule has 2 heterocycles. The maximum Gasteiger partial charge on any atom is 0.306 e. The summed E-state index contributed by atoms with van der Waals surface area (Å²) in [5.74, 6) is -1.05. The van der Waals surface area contributed by atoms with Crippen LogP contribution in [0.4, 0.5) is 0 Å². The number of morpholine rings is 1. The highest BCUT2D eigenvalue weighted by molar-refractivity contribution is 5.94. The molecule has 1 unspecified atom stereocenters. The first kappa shape index (κ1) is 15.2. The smallest absolute Gasteiger partial charge is 0.306 e. The van der Waals surface area contributed by atoms with Gasteiger partial charge in [-0.1, -0.05) is 6.07 Å². The Morgan fingerprint density at radius 2 is 2.22 bits per heavy atom. The minimum atomic E-state index is -0.926. The van der Waals surface area contributed by atoms with Gasteiger partial charge in [-0.25, -0.2) is 4.68 Å². The number of carbonyl (C=O) groups excluding carboxylic acids is 1. The zero-order valence-corrected chi connectivity index (χ0v) is 12.5. The number of carboxylic acid groups (broad SMARTS) is 1. The first-order valence-corrected chi connectivity index (χ1v) is 7.36.